The van der Waals surface area contributed by atoms with E-state index in [1.165, 1.54) is 11.6 Å². The molecule has 0 aliphatic carbocycles. The zero-order valence-corrected chi connectivity index (χ0v) is 7.76. The number of rotatable bonds is 5. The van der Waals surface area contributed by atoms with Crippen molar-refractivity contribution in [2.45, 2.75) is 6.92 Å². The Labute approximate surface area is 75.6 Å². The second-order valence-corrected chi connectivity index (χ2v) is 3.62. The summed E-state index contributed by atoms with van der Waals surface area (Å²) in [6.45, 7) is 4.53. The highest BCUT2D eigenvalue weighted by Crippen LogP contribution is 2.02. The third-order valence-corrected chi connectivity index (χ3v) is 2.25. The van der Waals surface area contributed by atoms with Crippen molar-refractivity contribution in [3.8, 4) is 0 Å². The maximum absolute atomic E-state index is 10.9. The van der Waals surface area contributed by atoms with Gasteiger partial charge in [-0.2, -0.15) is 0 Å². The van der Waals surface area contributed by atoms with Gasteiger partial charge in [0, 0.05) is 0 Å². The summed E-state index contributed by atoms with van der Waals surface area (Å²) in [5.41, 5.74) is 0. The minimum absolute atomic E-state index is 0.0362. The van der Waals surface area contributed by atoms with Crippen LogP contribution in [0.5, 0.6) is 0 Å². The summed E-state index contributed by atoms with van der Waals surface area (Å²) in [5.74, 6) is -1.07. The molecule has 0 saturated carbocycles. The Morgan fingerprint density at radius 3 is 2.54 bits per heavy atom. The molecule has 1 N–H and O–H groups in total. The fourth-order valence-electron chi connectivity index (χ4n) is 0.456. The van der Waals surface area contributed by atoms with Crippen molar-refractivity contribution >= 4 is 22.4 Å². The first kappa shape index (κ1) is 11.6. The van der Waals surface area contributed by atoms with Gasteiger partial charge >= 0.3 is 5.97 Å². The summed E-state index contributed by atoms with van der Waals surface area (Å²) in [6, 6.07) is 0. The number of nitrogens with one attached hydrogen (secondary N) is 1. The molecule has 1 amide bonds. The van der Waals surface area contributed by atoms with Gasteiger partial charge in [0.15, 0.2) is 4.91 Å². The molecule has 0 aromatic rings. The van der Waals surface area contributed by atoms with Crippen LogP contribution in [0.15, 0.2) is 11.5 Å². The molecule has 0 aliphatic heterocycles. The summed E-state index contributed by atoms with van der Waals surface area (Å²) in [6.07, 6.45) is -0.0558. The molecule has 0 aromatic carbocycles. The van der Waals surface area contributed by atoms with Crippen LogP contribution in [0.4, 0.5) is 0 Å². The largest absolute Gasteiger partial charge is 0.462 e. The zero-order chi connectivity index (χ0) is 10.5. The summed E-state index contributed by atoms with van der Waals surface area (Å²) < 4.78 is 27.6. The Hall–Kier alpha value is -1.37. The molecule has 0 atom stereocenters. The topological polar surface area (TPSA) is 89.5 Å². The van der Waals surface area contributed by atoms with Crippen LogP contribution in [0, 0.1) is 0 Å². The molecule has 0 rings (SSSR count). The van der Waals surface area contributed by atoms with Gasteiger partial charge in [-0.25, -0.2) is 13.2 Å². The lowest BCUT2D eigenvalue weighted by Gasteiger charge is -2.04. The molecule has 13 heavy (non-hydrogen) atoms. The van der Waals surface area contributed by atoms with E-state index >= 15 is 0 Å². The van der Waals surface area contributed by atoms with Crippen LogP contribution in [0.1, 0.15) is 6.92 Å². The molecule has 74 valence electrons. The number of sulfonamides is 1. The number of carbonyl (C=O) groups excluding carboxylic acids is 2. The zero-order valence-electron chi connectivity index (χ0n) is 6.94. The normalized spacial score (nSPS) is 10.2. The average molecular weight is 207 g/mol. The maximum Gasteiger partial charge on any atom is 0.351 e. The Kier molecular flexibility index (Phi) is 4.12. The van der Waals surface area contributed by atoms with Crippen molar-refractivity contribution in [2.75, 3.05) is 6.61 Å². The third-order valence-electron chi connectivity index (χ3n) is 1.03. The van der Waals surface area contributed by atoms with Crippen molar-refractivity contribution in [3.05, 3.63) is 11.5 Å². The number of hydrogen-bond donors (Lipinski definition) is 1. The SMILES string of the molecule is C=C(C(=O)OCC)S(=O)(=O)NC=O. The fourth-order valence-corrected chi connectivity index (χ4v) is 1.00. The van der Waals surface area contributed by atoms with Gasteiger partial charge in [0.25, 0.3) is 10.0 Å². The lowest BCUT2D eigenvalue weighted by Crippen LogP contribution is -2.27. The summed E-state index contributed by atoms with van der Waals surface area (Å²) in [5, 5.41) is 0. The summed E-state index contributed by atoms with van der Waals surface area (Å²) in [7, 11) is -4.12. The van der Waals surface area contributed by atoms with Crippen LogP contribution in [0.25, 0.3) is 0 Å². The van der Waals surface area contributed by atoms with Gasteiger partial charge in [-0.05, 0) is 6.92 Å². The quantitative estimate of drug-likeness (QED) is 0.360. The van der Waals surface area contributed by atoms with E-state index in [1.54, 1.807) is 0 Å². The van der Waals surface area contributed by atoms with Crippen molar-refractivity contribution in [2.24, 2.45) is 0 Å². The molecule has 0 spiro atoms. The highest BCUT2D eigenvalue weighted by Gasteiger charge is 2.22. The van der Waals surface area contributed by atoms with Gasteiger partial charge in [0.2, 0.25) is 6.41 Å². The van der Waals surface area contributed by atoms with Crippen LogP contribution in [-0.2, 0) is 24.3 Å². The van der Waals surface area contributed by atoms with Gasteiger partial charge in [0.05, 0.1) is 6.61 Å². The third kappa shape index (κ3) is 3.24. The minimum atomic E-state index is -4.12. The first-order chi connectivity index (χ1) is 5.95. The summed E-state index contributed by atoms with van der Waals surface area (Å²) >= 11 is 0. The highest BCUT2D eigenvalue weighted by molar-refractivity contribution is 7.94. The van der Waals surface area contributed by atoms with Crippen LogP contribution >= 0.6 is 0 Å². The second-order valence-electron chi connectivity index (χ2n) is 1.88. The van der Waals surface area contributed by atoms with Gasteiger partial charge in [-0.1, -0.05) is 6.58 Å². The van der Waals surface area contributed by atoms with Crippen molar-refractivity contribution < 1.29 is 22.7 Å². The van der Waals surface area contributed by atoms with Gasteiger partial charge in [0.1, 0.15) is 0 Å². The number of amides is 1. The van der Waals surface area contributed by atoms with Crippen LogP contribution in [-0.4, -0.2) is 27.4 Å². The number of hydrogen-bond acceptors (Lipinski definition) is 5. The highest BCUT2D eigenvalue weighted by atomic mass is 32.2. The van der Waals surface area contributed by atoms with E-state index in [1.807, 2.05) is 0 Å². The van der Waals surface area contributed by atoms with E-state index in [0.717, 1.165) is 0 Å². The van der Waals surface area contributed by atoms with Gasteiger partial charge < -0.3 is 4.74 Å². The monoisotopic (exact) mass is 207 g/mol. The van der Waals surface area contributed by atoms with E-state index in [4.69, 9.17) is 0 Å². The second kappa shape index (κ2) is 4.61. The first-order valence-corrected chi connectivity index (χ1v) is 4.76. The molecule has 0 aromatic heterocycles. The van der Waals surface area contributed by atoms with E-state index in [0.29, 0.717) is 0 Å². The van der Waals surface area contributed by atoms with E-state index < -0.39 is 20.9 Å². The number of ether oxygens (including phenoxy) is 1. The molecular weight excluding hydrogens is 198 g/mol. The van der Waals surface area contributed by atoms with E-state index in [-0.39, 0.29) is 13.0 Å². The van der Waals surface area contributed by atoms with E-state index in [9.17, 15) is 18.0 Å². The van der Waals surface area contributed by atoms with Crippen molar-refractivity contribution in [1.82, 2.24) is 4.72 Å². The Morgan fingerprint density at radius 1 is 1.62 bits per heavy atom. The molecule has 0 saturated heterocycles. The lowest BCUT2D eigenvalue weighted by atomic mass is 10.6. The number of carbonyl (C=O) groups is 2. The standard InChI is InChI=1S/C6H9NO5S/c1-3-12-6(9)5(2)13(10,11)7-4-8/h4H,2-3H2,1H3,(H,7,8). The summed E-state index contributed by atoms with van der Waals surface area (Å²) in [4.78, 5) is 19.8. The molecule has 0 aliphatic rings. The van der Waals surface area contributed by atoms with Crippen LogP contribution in [0.3, 0.4) is 0 Å². The minimum Gasteiger partial charge on any atom is -0.462 e. The predicted octanol–water partition coefficient (Wildman–Crippen LogP) is -0.861. The first-order valence-electron chi connectivity index (χ1n) is 3.27. The Bertz CT molecular complexity index is 318. The molecule has 7 heteroatoms. The molecule has 0 unspecified atom stereocenters. The molecule has 0 fully saturated rings. The Morgan fingerprint density at radius 2 is 2.15 bits per heavy atom. The predicted molar refractivity (Wildman–Crippen MR) is 43.9 cm³/mol. The van der Waals surface area contributed by atoms with Crippen LogP contribution in [0.2, 0.25) is 0 Å². The molecule has 0 heterocycles. The van der Waals surface area contributed by atoms with Crippen molar-refractivity contribution in [1.29, 1.82) is 0 Å². The molecule has 6 nitrogen and oxygen atoms in total. The molecule has 0 radical (unpaired) electrons. The maximum atomic E-state index is 10.9. The van der Waals surface area contributed by atoms with Gasteiger partial charge in [-0.15, -0.1) is 0 Å². The Balaban J connectivity index is 4.60. The number of esters is 1. The van der Waals surface area contributed by atoms with Crippen molar-refractivity contribution in [3.63, 3.8) is 0 Å². The fraction of sp³-hybridized carbons (Fsp3) is 0.333. The average Bonchev–Trinajstić information content (AvgIpc) is 2.03. The molecule has 0 bridgehead atoms. The lowest BCUT2D eigenvalue weighted by molar-refractivity contribution is -0.137. The van der Waals surface area contributed by atoms with Crippen LogP contribution < -0.4 is 4.72 Å². The van der Waals surface area contributed by atoms with Gasteiger partial charge in [-0.3, -0.25) is 9.52 Å². The molecular formula is C6H9NO5S. The smallest absolute Gasteiger partial charge is 0.351 e. The van der Waals surface area contributed by atoms with E-state index in [2.05, 4.69) is 11.3 Å².